The molecule has 1 aliphatic heterocycles. The molecule has 1 amide bonds. The van der Waals surface area contributed by atoms with Gasteiger partial charge >= 0.3 is 0 Å². The van der Waals surface area contributed by atoms with Crippen LogP contribution in [0.15, 0.2) is 41.8 Å². The molecule has 0 radical (unpaired) electrons. The van der Waals surface area contributed by atoms with Crippen LogP contribution in [0.25, 0.3) is 11.6 Å². The third-order valence-corrected chi connectivity index (χ3v) is 4.71. The van der Waals surface area contributed by atoms with Gasteiger partial charge in [-0.2, -0.15) is 0 Å². The van der Waals surface area contributed by atoms with Gasteiger partial charge in [-0.3, -0.25) is 4.79 Å². The molecule has 2 aliphatic rings. The molecule has 7 nitrogen and oxygen atoms in total. The van der Waals surface area contributed by atoms with Gasteiger partial charge in [-0.15, -0.1) is 16.8 Å². The summed E-state index contributed by atoms with van der Waals surface area (Å²) in [5, 5.41) is 13.9. The van der Waals surface area contributed by atoms with E-state index in [1.54, 1.807) is 12.3 Å². The molecule has 1 saturated heterocycles. The van der Waals surface area contributed by atoms with Crippen LogP contribution in [0, 0.1) is 5.92 Å². The molecule has 2 aromatic heterocycles. The predicted molar refractivity (Wildman–Crippen MR) is 99.3 cm³/mol. The number of amides is 1. The van der Waals surface area contributed by atoms with Crippen molar-refractivity contribution >= 4 is 11.6 Å². The van der Waals surface area contributed by atoms with Crippen molar-refractivity contribution < 1.29 is 9.21 Å². The van der Waals surface area contributed by atoms with E-state index in [4.69, 9.17) is 4.42 Å². The van der Waals surface area contributed by atoms with Gasteiger partial charge in [0.1, 0.15) is 0 Å². The summed E-state index contributed by atoms with van der Waals surface area (Å²) in [5.74, 6) is 0.670. The molecule has 0 aromatic carbocycles. The van der Waals surface area contributed by atoms with Crippen LogP contribution in [0.2, 0.25) is 0 Å². The Labute approximate surface area is 153 Å². The standard InChI is InChI=1S/C13H16N4O.C6H9NO/c1-2-5-10(6-3-1)16-11-7-4-8-14-12(11)13-17-15-9-18-13;1-2-5-3-4-7-6(5)8/h4,7-10,16H,1-3,5-6H2;2,5H,1,3-4H2,(H,7,8)/t;5-/m.0/s1. The molecule has 2 aromatic rings. The Bertz CT molecular complexity index is 710. The van der Waals surface area contributed by atoms with Gasteiger partial charge in [0.15, 0.2) is 5.69 Å². The van der Waals surface area contributed by atoms with Crippen LogP contribution in [0.3, 0.4) is 0 Å². The first-order chi connectivity index (χ1) is 12.8. The highest BCUT2D eigenvalue weighted by atomic mass is 16.4. The molecule has 138 valence electrons. The number of carbonyl (C=O) groups excluding carboxylic acids is 1. The van der Waals surface area contributed by atoms with E-state index in [9.17, 15) is 4.79 Å². The third kappa shape index (κ3) is 4.68. The van der Waals surface area contributed by atoms with Crippen LogP contribution in [0.1, 0.15) is 38.5 Å². The fourth-order valence-electron chi connectivity index (χ4n) is 3.27. The number of rotatable bonds is 4. The molecule has 7 heteroatoms. The normalized spacial score (nSPS) is 20.0. The van der Waals surface area contributed by atoms with E-state index in [2.05, 4.69) is 32.4 Å². The smallest absolute Gasteiger partial charge is 0.268 e. The second-order valence-electron chi connectivity index (χ2n) is 6.54. The summed E-state index contributed by atoms with van der Waals surface area (Å²) in [6.07, 6.45) is 12.1. The van der Waals surface area contributed by atoms with Crippen molar-refractivity contribution in [3.63, 3.8) is 0 Å². The van der Waals surface area contributed by atoms with E-state index in [0.717, 1.165) is 24.3 Å². The highest BCUT2D eigenvalue weighted by molar-refractivity contribution is 5.82. The van der Waals surface area contributed by atoms with Crippen LogP contribution in [-0.4, -0.2) is 33.7 Å². The molecule has 1 saturated carbocycles. The number of nitrogens with one attached hydrogen (secondary N) is 2. The molecule has 3 heterocycles. The van der Waals surface area contributed by atoms with Gasteiger partial charge in [0, 0.05) is 18.8 Å². The van der Waals surface area contributed by atoms with Gasteiger partial charge in [-0.1, -0.05) is 25.3 Å². The van der Waals surface area contributed by atoms with Crippen molar-refractivity contribution in [2.24, 2.45) is 5.92 Å². The van der Waals surface area contributed by atoms with Crippen molar-refractivity contribution in [2.75, 3.05) is 11.9 Å². The molecule has 0 bridgehead atoms. The average Bonchev–Trinajstić information content (AvgIpc) is 3.35. The molecule has 1 atom stereocenters. The third-order valence-electron chi connectivity index (χ3n) is 4.71. The van der Waals surface area contributed by atoms with E-state index >= 15 is 0 Å². The minimum atomic E-state index is 0.0787. The second kappa shape index (κ2) is 9.12. The lowest BCUT2D eigenvalue weighted by Gasteiger charge is -2.24. The molecule has 4 rings (SSSR count). The zero-order chi connectivity index (χ0) is 18.2. The summed E-state index contributed by atoms with van der Waals surface area (Å²) >= 11 is 0. The molecular weight excluding hydrogens is 330 g/mol. The lowest BCUT2D eigenvalue weighted by molar-refractivity contribution is -0.121. The summed E-state index contributed by atoms with van der Waals surface area (Å²) in [5.41, 5.74) is 1.72. The Morgan fingerprint density at radius 1 is 1.27 bits per heavy atom. The lowest BCUT2D eigenvalue weighted by Crippen LogP contribution is -2.22. The molecular formula is C19H25N5O2. The van der Waals surface area contributed by atoms with Gasteiger partial charge in [0.05, 0.1) is 11.6 Å². The Hall–Kier alpha value is -2.70. The van der Waals surface area contributed by atoms with Crippen molar-refractivity contribution in [1.29, 1.82) is 0 Å². The number of carbonyl (C=O) groups is 1. The largest absolute Gasteiger partial charge is 0.422 e. The summed E-state index contributed by atoms with van der Waals surface area (Å²) < 4.78 is 5.22. The number of hydrogen-bond donors (Lipinski definition) is 2. The van der Waals surface area contributed by atoms with E-state index < -0.39 is 0 Å². The lowest BCUT2D eigenvalue weighted by atomic mass is 9.95. The summed E-state index contributed by atoms with van der Waals surface area (Å²) in [6, 6.07) is 4.47. The number of anilines is 1. The maximum atomic E-state index is 10.6. The number of pyridine rings is 1. The fourth-order valence-corrected chi connectivity index (χ4v) is 3.27. The van der Waals surface area contributed by atoms with Crippen molar-refractivity contribution in [1.82, 2.24) is 20.5 Å². The van der Waals surface area contributed by atoms with E-state index in [1.807, 2.05) is 12.1 Å². The van der Waals surface area contributed by atoms with E-state index in [1.165, 1.54) is 38.5 Å². The highest BCUT2D eigenvalue weighted by Gasteiger charge is 2.19. The van der Waals surface area contributed by atoms with Gasteiger partial charge in [0.2, 0.25) is 12.3 Å². The van der Waals surface area contributed by atoms with Gasteiger partial charge < -0.3 is 15.1 Å². The zero-order valence-electron chi connectivity index (χ0n) is 14.9. The van der Waals surface area contributed by atoms with Crippen LogP contribution >= 0.6 is 0 Å². The first-order valence-corrected chi connectivity index (χ1v) is 9.16. The SMILES string of the molecule is C=C[C@H]1CCNC1=O.c1cnc(-c2nnco2)c(NC2CCCCC2)c1. The number of nitrogens with zero attached hydrogens (tertiary/aromatic N) is 3. The van der Waals surface area contributed by atoms with E-state index in [0.29, 0.717) is 11.9 Å². The molecule has 2 N–H and O–H groups in total. The number of aromatic nitrogens is 3. The van der Waals surface area contributed by atoms with E-state index in [-0.39, 0.29) is 11.8 Å². The zero-order valence-corrected chi connectivity index (χ0v) is 14.9. The van der Waals surface area contributed by atoms with Crippen LogP contribution in [-0.2, 0) is 4.79 Å². The van der Waals surface area contributed by atoms with Gasteiger partial charge in [0.25, 0.3) is 5.89 Å². The maximum Gasteiger partial charge on any atom is 0.268 e. The van der Waals surface area contributed by atoms with Crippen molar-refractivity contribution in [2.45, 2.75) is 44.6 Å². The minimum Gasteiger partial charge on any atom is -0.422 e. The molecule has 2 fully saturated rings. The van der Waals surface area contributed by atoms with Crippen LogP contribution in [0.5, 0.6) is 0 Å². The Balaban J connectivity index is 0.000000206. The maximum absolute atomic E-state index is 10.6. The Morgan fingerprint density at radius 3 is 2.73 bits per heavy atom. The predicted octanol–water partition coefficient (Wildman–Crippen LogP) is 3.18. The van der Waals surface area contributed by atoms with Gasteiger partial charge in [-0.05, 0) is 31.4 Å². The van der Waals surface area contributed by atoms with Crippen LogP contribution in [0.4, 0.5) is 5.69 Å². The molecule has 0 unspecified atom stereocenters. The van der Waals surface area contributed by atoms with Crippen LogP contribution < -0.4 is 10.6 Å². The molecule has 0 spiro atoms. The van der Waals surface area contributed by atoms with Crippen molar-refractivity contribution in [3.05, 3.63) is 37.4 Å². The summed E-state index contributed by atoms with van der Waals surface area (Å²) in [4.78, 5) is 15.0. The second-order valence-corrected chi connectivity index (χ2v) is 6.54. The van der Waals surface area contributed by atoms with Gasteiger partial charge in [-0.25, -0.2) is 4.98 Å². The molecule has 26 heavy (non-hydrogen) atoms. The van der Waals surface area contributed by atoms with Crippen molar-refractivity contribution in [3.8, 4) is 11.6 Å². The Kier molecular flexibility index (Phi) is 6.35. The number of hydrogen-bond acceptors (Lipinski definition) is 6. The average molecular weight is 355 g/mol. The Morgan fingerprint density at radius 2 is 2.12 bits per heavy atom. The first-order valence-electron chi connectivity index (χ1n) is 9.16. The monoisotopic (exact) mass is 355 g/mol. The summed E-state index contributed by atoms with van der Waals surface area (Å²) in [6.45, 7) is 4.35. The summed E-state index contributed by atoms with van der Waals surface area (Å²) in [7, 11) is 0. The molecule has 1 aliphatic carbocycles. The first kappa shape index (κ1) is 18.1. The highest BCUT2D eigenvalue weighted by Crippen LogP contribution is 2.27. The minimum absolute atomic E-state index is 0.0787. The topological polar surface area (TPSA) is 92.9 Å². The quantitative estimate of drug-likeness (QED) is 0.818. The fraction of sp³-hybridized carbons (Fsp3) is 0.474.